The molecule has 8 heteroatoms. The van der Waals surface area contributed by atoms with Gasteiger partial charge in [0.05, 0.1) is 32.0 Å². The van der Waals surface area contributed by atoms with E-state index in [9.17, 15) is 5.11 Å². The van der Waals surface area contributed by atoms with Gasteiger partial charge in [0.2, 0.25) is 5.95 Å². The second kappa shape index (κ2) is 8.98. The summed E-state index contributed by atoms with van der Waals surface area (Å²) in [6.07, 6.45) is 1.36. The Labute approximate surface area is 183 Å². The lowest BCUT2D eigenvalue weighted by molar-refractivity contribution is 0.0116. The van der Waals surface area contributed by atoms with Gasteiger partial charge in [-0.05, 0) is 18.4 Å². The number of hydrogen-bond donors (Lipinski definition) is 1. The largest absolute Gasteiger partial charge is 0.385 e. The monoisotopic (exact) mass is 425 g/mol. The molecule has 0 amide bonds. The Morgan fingerprint density at radius 3 is 1.81 bits per heavy atom. The van der Waals surface area contributed by atoms with Gasteiger partial charge in [0.1, 0.15) is 11.6 Å². The van der Waals surface area contributed by atoms with Crippen LogP contribution in [0.15, 0.2) is 36.4 Å². The molecule has 3 saturated heterocycles. The van der Waals surface area contributed by atoms with Gasteiger partial charge in [0.15, 0.2) is 0 Å². The molecule has 1 aromatic heterocycles. The summed E-state index contributed by atoms with van der Waals surface area (Å²) in [4.78, 5) is 16.6. The molecule has 0 spiro atoms. The molecule has 0 saturated carbocycles. The first-order valence-corrected chi connectivity index (χ1v) is 11.3. The highest BCUT2D eigenvalue weighted by Gasteiger charge is 2.34. The minimum atomic E-state index is -0.773. The summed E-state index contributed by atoms with van der Waals surface area (Å²) in [5, 5.41) is 11.2. The summed E-state index contributed by atoms with van der Waals surface area (Å²) >= 11 is 0. The zero-order valence-corrected chi connectivity index (χ0v) is 17.9. The van der Waals surface area contributed by atoms with Crippen LogP contribution in [0.5, 0.6) is 0 Å². The smallest absolute Gasteiger partial charge is 0.229 e. The molecule has 3 aliphatic heterocycles. The fraction of sp³-hybridized carbons (Fsp3) is 0.565. The molecule has 1 N–H and O–H groups in total. The van der Waals surface area contributed by atoms with Gasteiger partial charge in [0, 0.05) is 45.3 Å². The van der Waals surface area contributed by atoms with E-state index in [2.05, 4.69) is 20.8 Å². The normalized spacial score (nSPS) is 21.9. The van der Waals surface area contributed by atoms with Crippen molar-refractivity contribution in [2.24, 2.45) is 0 Å². The van der Waals surface area contributed by atoms with Crippen LogP contribution < -0.4 is 14.7 Å². The van der Waals surface area contributed by atoms with Crippen LogP contribution in [-0.2, 0) is 15.1 Å². The van der Waals surface area contributed by atoms with Gasteiger partial charge in [-0.3, -0.25) is 0 Å². The van der Waals surface area contributed by atoms with E-state index in [0.29, 0.717) is 26.1 Å². The second-order valence-electron chi connectivity index (χ2n) is 8.47. The van der Waals surface area contributed by atoms with Crippen LogP contribution in [0.4, 0.5) is 17.6 Å². The predicted octanol–water partition coefficient (Wildman–Crippen LogP) is 1.64. The Morgan fingerprint density at radius 2 is 1.23 bits per heavy atom. The van der Waals surface area contributed by atoms with Crippen LogP contribution in [0.25, 0.3) is 0 Å². The van der Waals surface area contributed by atoms with E-state index in [1.807, 2.05) is 30.3 Å². The van der Waals surface area contributed by atoms with Gasteiger partial charge < -0.3 is 29.3 Å². The fourth-order valence-electron chi connectivity index (χ4n) is 4.57. The number of ether oxygens (including phenoxy) is 2. The van der Waals surface area contributed by atoms with Crippen molar-refractivity contribution in [1.29, 1.82) is 0 Å². The van der Waals surface area contributed by atoms with Gasteiger partial charge in [-0.25, -0.2) is 0 Å². The van der Waals surface area contributed by atoms with Gasteiger partial charge in [-0.15, -0.1) is 0 Å². The SMILES string of the molecule is OC1(c2ccccc2)CCN(c2cc(N3CCOCC3)nc(N3CCOCC3)n2)CC1. The van der Waals surface area contributed by atoms with Crippen LogP contribution in [-0.4, -0.2) is 80.8 Å². The highest BCUT2D eigenvalue weighted by molar-refractivity contribution is 5.56. The maximum Gasteiger partial charge on any atom is 0.229 e. The maximum atomic E-state index is 11.2. The van der Waals surface area contributed by atoms with E-state index < -0.39 is 5.60 Å². The van der Waals surface area contributed by atoms with Gasteiger partial charge >= 0.3 is 0 Å². The number of rotatable bonds is 4. The first kappa shape index (κ1) is 20.5. The lowest BCUT2D eigenvalue weighted by atomic mass is 9.84. The van der Waals surface area contributed by atoms with E-state index in [-0.39, 0.29) is 0 Å². The molecule has 3 aliphatic rings. The minimum absolute atomic E-state index is 0.681. The number of benzene rings is 1. The Bertz CT molecular complexity index is 825. The molecule has 8 nitrogen and oxygen atoms in total. The van der Waals surface area contributed by atoms with Crippen LogP contribution in [0.3, 0.4) is 0 Å². The standard InChI is InChI=1S/C23H31N5O3/c29-23(19-4-2-1-3-5-19)6-8-26(9-7-23)20-18-21(27-10-14-30-15-11-27)25-22(24-20)28-12-16-31-17-13-28/h1-5,18,29H,6-17H2. The molecule has 4 heterocycles. The molecule has 3 fully saturated rings. The van der Waals surface area contributed by atoms with Crippen molar-refractivity contribution >= 4 is 17.6 Å². The third-order valence-corrected chi connectivity index (χ3v) is 6.54. The number of hydrogen-bond acceptors (Lipinski definition) is 8. The van der Waals surface area contributed by atoms with E-state index in [1.54, 1.807) is 0 Å². The average Bonchev–Trinajstić information content (AvgIpc) is 2.86. The highest BCUT2D eigenvalue weighted by Crippen LogP contribution is 2.35. The zero-order valence-electron chi connectivity index (χ0n) is 17.9. The first-order valence-electron chi connectivity index (χ1n) is 11.3. The van der Waals surface area contributed by atoms with Gasteiger partial charge in [-0.1, -0.05) is 30.3 Å². The predicted molar refractivity (Wildman–Crippen MR) is 120 cm³/mol. The van der Waals surface area contributed by atoms with Crippen molar-refractivity contribution in [3.63, 3.8) is 0 Å². The third kappa shape index (κ3) is 4.46. The van der Waals surface area contributed by atoms with Crippen molar-refractivity contribution in [2.45, 2.75) is 18.4 Å². The molecule has 0 unspecified atom stereocenters. The van der Waals surface area contributed by atoms with Crippen molar-refractivity contribution < 1.29 is 14.6 Å². The van der Waals surface area contributed by atoms with E-state index in [4.69, 9.17) is 19.4 Å². The van der Waals surface area contributed by atoms with Crippen LogP contribution >= 0.6 is 0 Å². The number of aliphatic hydroxyl groups is 1. The number of aromatic nitrogens is 2. The molecule has 31 heavy (non-hydrogen) atoms. The van der Waals surface area contributed by atoms with Gasteiger partial charge in [0.25, 0.3) is 0 Å². The molecule has 1 aromatic carbocycles. The Morgan fingerprint density at radius 1 is 0.710 bits per heavy atom. The number of piperidine rings is 1. The second-order valence-corrected chi connectivity index (χ2v) is 8.47. The fourth-order valence-corrected chi connectivity index (χ4v) is 4.57. The quantitative estimate of drug-likeness (QED) is 0.793. The zero-order chi connectivity index (χ0) is 21.1. The lowest BCUT2D eigenvalue weighted by Crippen LogP contribution is -2.44. The Balaban J connectivity index is 1.39. The molecule has 0 aliphatic carbocycles. The molecular weight excluding hydrogens is 394 g/mol. The maximum absolute atomic E-state index is 11.2. The number of morpholine rings is 2. The topological polar surface area (TPSA) is 74.2 Å². The minimum Gasteiger partial charge on any atom is -0.385 e. The van der Waals surface area contributed by atoms with Crippen LogP contribution in [0.2, 0.25) is 0 Å². The van der Waals surface area contributed by atoms with Crippen molar-refractivity contribution in [1.82, 2.24) is 9.97 Å². The summed E-state index contributed by atoms with van der Waals surface area (Å²) < 4.78 is 11.0. The molecule has 5 rings (SSSR count). The summed E-state index contributed by atoms with van der Waals surface area (Å²) in [6.45, 7) is 7.66. The molecule has 2 aromatic rings. The average molecular weight is 426 g/mol. The Kier molecular flexibility index (Phi) is 5.93. The highest BCUT2D eigenvalue weighted by atomic mass is 16.5. The van der Waals surface area contributed by atoms with E-state index in [1.165, 1.54) is 0 Å². The van der Waals surface area contributed by atoms with E-state index >= 15 is 0 Å². The van der Waals surface area contributed by atoms with Crippen molar-refractivity contribution in [3.8, 4) is 0 Å². The summed E-state index contributed by atoms with van der Waals surface area (Å²) in [6, 6.07) is 12.1. The molecule has 0 radical (unpaired) electrons. The first-order chi connectivity index (χ1) is 15.2. The van der Waals surface area contributed by atoms with Crippen LogP contribution in [0, 0.1) is 0 Å². The lowest BCUT2D eigenvalue weighted by Gasteiger charge is -2.39. The molecule has 166 valence electrons. The number of nitrogens with zero attached hydrogens (tertiary/aromatic N) is 5. The molecule has 0 bridgehead atoms. The number of anilines is 3. The Hall–Kier alpha value is -2.42. The summed E-state index contributed by atoms with van der Waals surface area (Å²) in [7, 11) is 0. The third-order valence-electron chi connectivity index (χ3n) is 6.54. The summed E-state index contributed by atoms with van der Waals surface area (Å²) in [5.74, 6) is 2.66. The molecular formula is C23H31N5O3. The van der Waals surface area contributed by atoms with Gasteiger partial charge in [-0.2, -0.15) is 9.97 Å². The molecule has 0 atom stereocenters. The van der Waals surface area contributed by atoms with Crippen molar-refractivity contribution in [3.05, 3.63) is 42.0 Å². The van der Waals surface area contributed by atoms with Crippen LogP contribution in [0.1, 0.15) is 18.4 Å². The summed E-state index contributed by atoms with van der Waals surface area (Å²) in [5.41, 5.74) is 0.227. The van der Waals surface area contributed by atoms with E-state index in [0.717, 1.165) is 75.6 Å². The van der Waals surface area contributed by atoms with Crippen molar-refractivity contribution in [2.75, 3.05) is 80.4 Å².